The Kier molecular flexibility index (Phi) is 5.40. The second-order valence-corrected chi connectivity index (χ2v) is 5.90. The second kappa shape index (κ2) is 7.08. The molecule has 21 heavy (non-hydrogen) atoms. The molecule has 0 amide bonds. The maximum absolute atomic E-state index is 12.9. The van der Waals surface area contributed by atoms with E-state index in [1.165, 1.54) is 6.42 Å². The standard InChI is InChI=1S/C18H26O3/c1-4-21-18(10-6-5-7-11-18)17(19)13-15-12-14(2)8-9-16(15)20-3/h8-9,12H,4-7,10-11,13H2,1-3H3. The third kappa shape index (κ3) is 3.65. The zero-order chi connectivity index (χ0) is 15.3. The van der Waals surface area contributed by atoms with Gasteiger partial charge in [0.2, 0.25) is 0 Å². The highest BCUT2D eigenvalue weighted by Gasteiger charge is 2.39. The second-order valence-electron chi connectivity index (χ2n) is 5.90. The molecule has 1 aromatic rings. The molecule has 3 heteroatoms. The SMILES string of the molecule is CCOC1(C(=O)Cc2cc(C)ccc2OC)CCCCC1. The van der Waals surface area contributed by atoms with Crippen LogP contribution in [0.4, 0.5) is 0 Å². The molecule has 0 radical (unpaired) electrons. The first-order valence-corrected chi connectivity index (χ1v) is 7.92. The van der Waals surface area contributed by atoms with Gasteiger partial charge in [0.05, 0.1) is 7.11 Å². The molecule has 1 aliphatic carbocycles. The van der Waals surface area contributed by atoms with E-state index in [0.717, 1.165) is 42.6 Å². The molecular weight excluding hydrogens is 264 g/mol. The van der Waals surface area contributed by atoms with Crippen LogP contribution in [0.3, 0.4) is 0 Å². The van der Waals surface area contributed by atoms with Crippen molar-refractivity contribution in [2.24, 2.45) is 0 Å². The fraction of sp³-hybridized carbons (Fsp3) is 0.611. The van der Waals surface area contributed by atoms with Crippen LogP contribution in [0.2, 0.25) is 0 Å². The fourth-order valence-electron chi connectivity index (χ4n) is 3.28. The van der Waals surface area contributed by atoms with Gasteiger partial charge in [-0.2, -0.15) is 0 Å². The monoisotopic (exact) mass is 290 g/mol. The molecule has 1 saturated carbocycles. The van der Waals surface area contributed by atoms with Crippen LogP contribution in [0.25, 0.3) is 0 Å². The fourth-order valence-corrected chi connectivity index (χ4v) is 3.28. The van der Waals surface area contributed by atoms with Crippen molar-refractivity contribution >= 4 is 5.78 Å². The minimum absolute atomic E-state index is 0.202. The number of carbonyl (C=O) groups is 1. The van der Waals surface area contributed by atoms with Crippen LogP contribution < -0.4 is 4.74 Å². The van der Waals surface area contributed by atoms with Crippen LogP contribution >= 0.6 is 0 Å². The Balaban J connectivity index is 2.20. The largest absolute Gasteiger partial charge is 0.496 e. The maximum Gasteiger partial charge on any atom is 0.169 e. The van der Waals surface area contributed by atoms with Crippen molar-refractivity contribution in [2.45, 2.75) is 58.0 Å². The minimum atomic E-state index is -0.568. The smallest absolute Gasteiger partial charge is 0.169 e. The van der Waals surface area contributed by atoms with Crippen molar-refractivity contribution in [2.75, 3.05) is 13.7 Å². The summed E-state index contributed by atoms with van der Waals surface area (Å²) in [4.78, 5) is 12.9. The van der Waals surface area contributed by atoms with Crippen molar-refractivity contribution in [1.29, 1.82) is 0 Å². The van der Waals surface area contributed by atoms with E-state index in [4.69, 9.17) is 9.47 Å². The number of methoxy groups -OCH3 is 1. The molecule has 0 unspecified atom stereocenters. The van der Waals surface area contributed by atoms with Crippen molar-refractivity contribution in [3.8, 4) is 5.75 Å². The lowest BCUT2D eigenvalue weighted by atomic mass is 9.79. The van der Waals surface area contributed by atoms with Gasteiger partial charge in [-0.1, -0.05) is 37.0 Å². The van der Waals surface area contributed by atoms with Crippen LogP contribution in [0.1, 0.15) is 50.2 Å². The number of ether oxygens (including phenoxy) is 2. The van der Waals surface area contributed by atoms with Crippen LogP contribution in [0, 0.1) is 6.92 Å². The summed E-state index contributed by atoms with van der Waals surface area (Å²) in [6.07, 6.45) is 5.47. The Hall–Kier alpha value is -1.35. The molecule has 3 nitrogen and oxygen atoms in total. The summed E-state index contributed by atoms with van der Waals surface area (Å²) >= 11 is 0. The van der Waals surface area contributed by atoms with Gasteiger partial charge in [-0.15, -0.1) is 0 Å². The molecule has 0 spiro atoms. The molecule has 0 atom stereocenters. The van der Waals surface area contributed by atoms with E-state index in [1.807, 2.05) is 32.0 Å². The molecular formula is C18H26O3. The molecule has 116 valence electrons. The van der Waals surface area contributed by atoms with E-state index < -0.39 is 5.60 Å². The molecule has 0 bridgehead atoms. The van der Waals surface area contributed by atoms with Gasteiger partial charge in [-0.25, -0.2) is 0 Å². The molecule has 2 rings (SSSR count). The summed E-state index contributed by atoms with van der Waals surface area (Å²) in [6, 6.07) is 5.98. The minimum Gasteiger partial charge on any atom is -0.496 e. The van der Waals surface area contributed by atoms with Gasteiger partial charge in [0.15, 0.2) is 5.78 Å². The third-order valence-corrected chi connectivity index (χ3v) is 4.38. The van der Waals surface area contributed by atoms with Gasteiger partial charge in [0.25, 0.3) is 0 Å². The van der Waals surface area contributed by atoms with Gasteiger partial charge >= 0.3 is 0 Å². The Morgan fingerprint density at radius 3 is 2.57 bits per heavy atom. The van der Waals surface area contributed by atoms with Gasteiger partial charge < -0.3 is 9.47 Å². The normalized spacial score (nSPS) is 17.5. The Morgan fingerprint density at radius 1 is 1.24 bits per heavy atom. The highest BCUT2D eigenvalue weighted by molar-refractivity contribution is 5.89. The molecule has 0 saturated heterocycles. The van der Waals surface area contributed by atoms with Crippen LogP contribution in [0.15, 0.2) is 18.2 Å². The highest BCUT2D eigenvalue weighted by atomic mass is 16.5. The quantitative estimate of drug-likeness (QED) is 0.798. The average molecular weight is 290 g/mol. The Labute approximate surface area is 127 Å². The summed E-state index contributed by atoms with van der Waals surface area (Å²) in [6.45, 7) is 4.60. The summed E-state index contributed by atoms with van der Waals surface area (Å²) in [5, 5.41) is 0. The van der Waals surface area contributed by atoms with E-state index in [0.29, 0.717) is 13.0 Å². The molecule has 1 aromatic carbocycles. The van der Waals surface area contributed by atoms with Crippen molar-refractivity contribution in [3.05, 3.63) is 29.3 Å². The number of benzene rings is 1. The van der Waals surface area contributed by atoms with Crippen LogP contribution in [-0.4, -0.2) is 25.1 Å². The van der Waals surface area contributed by atoms with E-state index in [1.54, 1.807) is 7.11 Å². The van der Waals surface area contributed by atoms with Crippen molar-refractivity contribution < 1.29 is 14.3 Å². The lowest BCUT2D eigenvalue weighted by Gasteiger charge is -2.35. The zero-order valence-electron chi connectivity index (χ0n) is 13.4. The average Bonchev–Trinajstić information content (AvgIpc) is 2.49. The highest BCUT2D eigenvalue weighted by Crippen LogP contribution is 2.34. The van der Waals surface area contributed by atoms with Gasteiger partial charge in [-0.05, 0) is 32.8 Å². The summed E-state index contributed by atoms with van der Waals surface area (Å²) in [7, 11) is 1.65. The number of ketones is 1. The van der Waals surface area contributed by atoms with Gasteiger partial charge in [0.1, 0.15) is 11.4 Å². The predicted molar refractivity (Wildman–Crippen MR) is 83.9 cm³/mol. The molecule has 0 aromatic heterocycles. The Bertz CT molecular complexity index is 482. The van der Waals surface area contributed by atoms with Crippen LogP contribution in [0.5, 0.6) is 5.75 Å². The number of hydrogen-bond acceptors (Lipinski definition) is 3. The summed E-state index contributed by atoms with van der Waals surface area (Å²) in [5.41, 5.74) is 1.54. The summed E-state index contributed by atoms with van der Waals surface area (Å²) < 4.78 is 11.3. The number of carbonyl (C=O) groups excluding carboxylic acids is 1. The third-order valence-electron chi connectivity index (χ3n) is 4.38. The first-order valence-electron chi connectivity index (χ1n) is 7.92. The number of aryl methyl sites for hydroxylation is 1. The number of rotatable bonds is 6. The van der Waals surface area contributed by atoms with Crippen molar-refractivity contribution in [3.63, 3.8) is 0 Å². The van der Waals surface area contributed by atoms with Gasteiger partial charge in [0, 0.05) is 18.6 Å². The van der Waals surface area contributed by atoms with E-state index >= 15 is 0 Å². The van der Waals surface area contributed by atoms with E-state index in [2.05, 4.69) is 0 Å². The van der Waals surface area contributed by atoms with Crippen LogP contribution in [-0.2, 0) is 16.0 Å². The predicted octanol–water partition coefficient (Wildman–Crippen LogP) is 3.85. The lowest BCUT2D eigenvalue weighted by molar-refractivity contribution is -0.148. The summed E-state index contributed by atoms with van der Waals surface area (Å²) in [5.74, 6) is 0.990. The number of hydrogen-bond donors (Lipinski definition) is 0. The van der Waals surface area contributed by atoms with E-state index in [9.17, 15) is 4.79 Å². The van der Waals surface area contributed by atoms with Crippen molar-refractivity contribution in [1.82, 2.24) is 0 Å². The first kappa shape index (κ1) is 16.0. The molecule has 1 fully saturated rings. The lowest BCUT2D eigenvalue weighted by Crippen LogP contribution is -2.44. The Morgan fingerprint density at radius 2 is 1.95 bits per heavy atom. The maximum atomic E-state index is 12.9. The zero-order valence-corrected chi connectivity index (χ0v) is 13.4. The first-order chi connectivity index (χ1) is 10.1. The molecule has 0 aliphatic heterocycles. The van der Waals surface area contributed by atoms with E-state index in [-0.39, 0.29) is 5.78 Å². The molecule has 0 N–H and O–H groups in total. The molecule has 1 aliphatic rings. The molecule has 0 heterocycles. The van der Waals surface area contributed by atoms with Gasteiger partial charge in [-0.3, -0.25) is 4.79 Å². The number of Topliss-reactive ketones (excluding diaryl/α,β-unsaturated/α-hetero) is 1. The topological polar surface area (TPSA) is 35.5 Å².